The second-order valence-corrected chi connectivity index (χ2v) is 5.67. The maximum Gasteiger partial charge on any atom is 0.273 e. The summed E-state index contributed by atoms with van der Waals surface area (Å²) in [6.45, 7) is 4.56. The lowest BCUT2D eigenvalue weighted by molar-refractivity contribution is 0.0821. The first-order chi connectivity index (χ1) is 8.99. The molecule has 1 aliphatic carbocycles. The van der Waals surface area contributed by atoms with Crippen molar-refractivity contribution >= 4 is 11.7 Å². The highest BCUT2D eigenvalue weighted by atomic mass is 16.2. The molecule has 1 saturated carbocycles. The summed E-state index contributed by atoms with van der Waals surface area (Å²) in [5.74, 6) is 2.02. The van der Waals surface area contributed by atoms with Gasteiger partial charge in [-0.2, -0.15) is 0 Å². The molecule has 1 amide bonds. The molecule has 3 atom stereocenters. The van der Waals surface area contributed by atoms with E-state index in [0.29, 0.717) is 17.7 Å². The summed E-state index contributed by atoms with van der Waals surface area (Å²) >= 11 is 0. The molecule has 5 heteroatoms. The molecule has 1 aromatic heterocycles. The van der Waals surface area contributed by atoms with E-state index in [4.69, 9.17) is 0 Å². The van der Waals surface area contributed by atoms with E-state index in [1.807, 2.05) is 6.07 Å². The van der Waals surface area contributed by atoms with Crippen LogP contribution >= 0.6 is 0 Å². The molecule has 0 spiro atoms. The van der Waals surface area contributed by atoms with Crippen LogP contribution in [0.25, 0.3) is 0 Å². The van der Waals surface area contributed by atoms with Crippen molar-refractivity contribution in [2.24, 2.45) is 11.8 Å². The van der Waals surface area contributed by atoms with Gasteiger partial charge in [0.2, 0.25) is 0 Å². The minimum atomic E-state index is -0.123. The van der Waals surface area contributed by atoms with Gasteiger partial charge in [-0.25, -0.2) is 0 Å². The van der Waals surface area contributed by atoms with E-state index in [1.165, 1.54) is 17.7 Å². The first-order valence-electron chi connectivity index (χ1n) is 6.81. The first-order valence-corrected chi connectivity index (χ1v) is 6.81. The molecular formula is C14H22N4O. The lowest BCUT2D eigenvalue weighted by Gasteiger charge is -2.20. The third kappa shape index (κ3) is 3.03. The van der Waals surface area contributed by atoms with Crippen LogP contribution in [0.15, 0.2) is 12.1 Å². The van der Waals surface area contributed by atoms with Crippen molar-refractivity contribution in [1.82, 2.24) is 15.1 Å². The summed E-state index contributed by atoms with van der Waals surface area (Å²) < 4.78 is 0. The summed E-state index contributed by atoms with van der Waals surface area (Å²) in [7, 11) is 3.41. The number of carbonyl (C=O) groups excluding carboxylic acids is 1. The highest BCUT2D eigenvalue weighted by molar-refractivity contribution is 5.91. The predicted molar refractivity (Wildman–Crippen MR) is 75.0 cm³/mol. The van der Waals surface area contributed by atoms with Crippen molar-refractivity contribution in [1.29, 1.82) is 0 Å². The van der Waals surface area contributed by atoms with Crippen LogP contribution in [0.1, 0.15) is 37.2 Å². The predicted octanol–water partition coefficient (Wildman–Crippen LogP) is 2.02. The number of rotatable bonds is 3. The van der Waals surface area contributed by atoms with Gasteiger partial charge in [0.25, 0.3) is 5.91 Å². The summed E-state index contributed by atoms with van der Waals surface area (Å²) in [6, 6.07) is 4.01. The Hall–Kier alpha value is -1.65. The molecule has 3 unspecified atom stereocenters. The quantitative estimate of drug-likeness (QED) is 0.905. The Kier molecular flexibility index (Phi) is 4.02. The van der Waals surface area contributed by atoms with Crippen LogP contribution in [-0.4, -0.2) is 41.1 Å². The van der Waals surface area contributed by atoms with Crippen LogP contribution in [0.2, 0.25) is 0 Å². The molecule has 0 aromatic carbocycles. The Bertz CT molecular complexity index is 443. The van der Waals surface area contributed by atoms with Crippen LogP contribution in [0.4, 0.5) is 5.82 Å². The molecule has 0 aliphatic heterocycles. The Morgan fingerprint density at radius 3 is 2.47 bits per heavy atom. The molecule has 5 nitrogen and oxygen atoms in total. The van der Waals surface area contributed by atoms with Gasteiger partial charge in [0.1, 0.15) is 5.82 Å². The third-order valence-electron chi connectivity index (χ3n) is 4.09. The van der Waals surface area contributed by atoms with Crippen LogP contribution in [-0.2, 0) is 0 Å². The Morgan fingerprint density at radius 2 is 2.00 bits per heavy atom. The molecule has 104 valence electrons. The number of hydrogen-bond acceptors (Lipinski definition) is 4. The van der Waals surface area contributed by atoms with Crippen LogP contribution in [0, 0.1) is 11.8 Å². The zero-order valence-corrected chi connectivity index (χ0v) is 12.1. The third-order valence-corrected chi connectivity index (χ3v) is 4.09. The van der Waals surface area contributed by atoms with Gasteiger partial charge in [0.05, 0.1) is 0 Å². The molecule has 1 fully saturated rings. The molecule has 1 aliphatic rings. The average molecular weight is 262 g/mol. The minimum Gasteiger partial charge on any atom is -0.366 e. The first kappa shape index (κ1) is 13.8. The van der Waals surface area contributed by atoms with Gasteiger partial charge in [-0.3, -0.25) is 4.79 Å². The van der Waals surface area contributed by atoms with Crippen molar-refractivity contribution in [3.05, 3.63) is 17.8 Å². The van der Waals surface area contributed by atoms with Gasteiger partial charge in [0.15, 0.2) is 5.69 Å². The van der Waals surface area contributed by atoms with E-state index < -0.39 is 0 Å². The fraction of sp³-hybridized carbons (Fsp3) is 0.643. The minimum absolute atomic E-state index is 0.123. The zero-order valence-electron chi connectivity index (χ0n) is 12.1. The van der Waals surface area contributed by atoms with Gasteiger partial charge in [-0.05, 0) is 36.8 Å². The maximum atomic E-state index is 11.7. The molecule has 1 aromatic rings. The highest BCUT2D eigenvalue weighted by Crippen LogP contribution is 2.32. The summed E-state index contributed by atoms with van der Waals surface area (Å²) in [6.07, 6.45) is 2.42. The van der Waals surface area contributed by atoms with Gasteiger partial charge < -0.3 is 10.2 Å². The maximum absolute atomic E-state index is 11.7. The van der Waals surface area contributed by atoms with Crippen LogP contribution in [0.3, 0.4) is 0 Å². The fourth-order valence-electron chi connectivity index (χ4n) is 2.51. The van der Waals surface area contributed by atoms with E-state index in [0.717, 1.165) is 11.7 Å². The number of carbonyl (C=O) groups is 1. The Morgan fingerprint density at radius 1 is 1.26 bits per heavy atom. The standard InChI is InChI=1S/C14H22N4O/c1-9-5-6-11(10(9)2)15-13-8-7-12(16-17-13)14(19)18(3)4/h7-11H,5-6H2,1-4H3,(H,15,17). The number of amides is 1. The molecule has 0 bridgehead atoms. The molecule has 1 N–H and O–H groups in total. The zero-order chi connectivity index (χ0) is 14.0. The number of nitrogens with zero attached hydrogens (tertiary/aromatic N) is 3. The van der Waals surface area contributed by atoms with Crippen LogP contribution < -0.4 is 5.32 Å². The van der Waals surface area contributed by atoms with Crippen molar-refractivity contribution in [3.8, 4) is 0 Å². The van der Waals surface area contributed by atoms with Gasteiger partial charge in [0, 0.05) is 20.1 Å². The highest BCUT2D eigenvalue weighted by Gasteiger charge is 2.29. The van der Waals surface area contributed by atoms with E-state index in [2.05, 4.69) is 29.4 Å². The van der Waals surface area contributed by atoms with E-state index in [1.54, 1.807) is 20.2 Å². The van der Waals surface area contributed by atoms with E-state index in [9.17, 15) is 4.79 Å². The van der Waals surface area contributed by atoms with E-state index >= 15 is 0 Å². The van der Waals surface area contributed by atoms with Gasteiger partial charge in [-0.1, -0.05) is 13.8 Å². The summed E-state index contributed by atoms with van der Waals surface area (Å²) in [5.41, 5.74) is 0.378. The SMILES string of the molecule is CC1CCC(Nc2ccc(C(=O)N(C)C)nn2)C1C. The molecule has 0 radical (unpaired) electrons. The lowest BCUT2D eigenvalue weighted by atomic mass is 9.98. The largest absolute Gasteiger partial charge is 0.366 e. The second-order valence-electron chi connectivity index (χ2n) is 5.67. The van der Waals surface area contributed by atoms with Crippen molar-refractivity contribution in [3.63, 3.8) is 0 Å². The molecular weight excluding hydrogens is 240 g/mol. The Labute approximate surface area is 114 Å². The fourth-order valence-corrected chi connectivity index (χ4v) is 2.51. The second kappa shape index (κ2) is 5.55. The summed E-state index contributed by atoms with van der Waals surface area (Å²) in [4.78, 5) is 13.2. The van der Waals surface area contributed by atoms with E-state index in [-0.39, 0.29) is 5.91 Å². The number of nitrogens with one attached hydrogen (secondary N) is 1. The number of aromatic nitrogens is 2. The molecule has 0 saturated heterocycles. The number of hydrogen-bond donors (Lipinski definition) is 1. The molecule has 19 heavy (non-hydrogen) atoms. The molecule has 2 rings (SSSR count). The monoisotopic (exact) mass is 262 g/mol. The molecule has 1 heterocycles. The topological polar surface area (TPSA) is 58.1 Å². The lowest BCUT2D eigenvalue weighted by Crippen LogP contribution is -2.26. The number of anilines is 1. The van der Waals surface area contributed by atoms with Crippen molar-refractivity contribution in [2.75, 3.05) is 19.4 Å². The van der Waals surface area contributed by atoms with Gasteiger partial charge in [-0.15, -0.1) is 10.2 Å². The van der Waals surface area contributed by atoms with Crippen LogP contribution in [0.5, 0.6) is 0 Å². The Balaban J connectivity index is 2.01. The average Bonchev–Trinajstić information content (AvgIpc) is 2.71. The van der Waals surface area contributed by atoms with Crippen molar-refractivity contribution < 1.29 is 4.79 Å². The normalized spacial score (nSPS) is 26.2. The summed E-state index contributed by atoms with van der Waals surface area (Å²) in [5, 5.41) is 11.5. The van der Waals surface area contributed by atoms with Crippen molar-refractivity contribution in [2.45, 2.75) is 32.7 Å². The smallest absolute Gasteiger partial charge is 0.273 e. The van der Waals surface area contributed by atoms with Gasteiger partial charge >= 0.3 is 0 Å².